The number of halogens is 1. The third-order valence-corrected chi connectivity index (χ3v) is 3.28. The van der Waals surface area contributed by atoms with Crippen LogP contribution >= 0.6 is 15.9 Å². The average molecular weight is 312 g/mol. The molecule has 6 nitrogen and oxygen atoms in total. The molecule has 0 spiro atoms. The van der Waals surface area contributed by atoms with Gasteiger partial charge in [-0.3, -0.25) is 10.1 Å². The van der Waals surface area contributed by atoms with Gasteiger partial charge in [-0.15, -0.1) is 0 Å². The van der Waals surface area contributed by atoms with E-state index in [2.05, 4.69) is 26.4 Å². The maximum atomic E-state index is 10.8. The molecular weight excluding hydrogens is 302 g/mol. The molecule has 1 heterocycles. The maximum Gasteiger partial charge on any atom is 0.283 e. The molecule has 0 atom stereocenters. The van der Waals surface area contributed by atoms with Crippen LogP contribution in [0.25, 0.3) is 0 Å². The van der Waals surface area contributed by atoms with Gasteiger partial charge in [-0.1, -0.05) is 17.3 Å². The van der Waals surface area contributed by atoms with Crippen LogP contribution < -0.4 is 5.32 Å². The summed E-state index contributed by atoms with van der Waals surface area (Å²) in [6, 6.07) is 6.71. The highest BCUT2D eigenvalue weighted by Gasteiger charge is 2.14. The molecule has 7 heteroatoms. The normalized spacial score (nSPS) is 10.5. The maximum absolute atomic E-state index is 10.8. The highest BCUT2D eigenvalue weighted by Crippen LogP contribution is 2.28. The molecule has 0 aliphatic carbocycles. The number of benzene rings is 1. The first-order chi connectivity index (χ1) is 8.68. The van der Waals surface area contributed by atoms with Crippen LogP contribution in [-0.2, 0) is 13.1 Å². The van der Waals surface area contributed by atoms with Crippen molar-refractivity contribution in [1.82, 2.24) is 10.5 Å². The Morgan fingerprint density at radius 1 is 1.39 bits per heavy atom. The lowest BCUT2D eigenvalue weighted by Crippen LogP contribution is -2.12. The van der Waals surface area contributed by atoms with E-state index in [9.17, 15) is 10.1 Å². The van der Waals surface area contributed by atoms with Crippen molar-refractivity contribution in [2.45, 2.75) is 13.1 Å². The smallest absolute Gasteiger partial charge is 0.283 e. The second-order valence-electron chi connectivity index (χ2n) is 3.59. The van der Waals surface area contributed by atoms with Gasteiger partial charge in [0.15, 0.2) is 0 Å². The van der Waals surface area contributed by atoms with Gasteiger partial charge in [0, 0.05) is 18.7 Å². The molecule has 0 radical (unpaired) electrons. The lowest BCUT2D eigenvalue weighted by atomic mass is 10.2. The molecule has 2 aromatic rings. The molecule has 1 N–H and O–H groups in total. The molecule has 0 amide bonds. The van der Waals surface area contributed by atoms with Gasteiger partial charge < -0.3 is 9.84 Å². The Kier molecular flexibility index (Phi) is 4.06. The average Bonchev–Trinajstić information content (AvgIpc) is 2.84. The molecule has 94 valence electrons. The van der Waals surface area contributed by atoms with Crippen LogP contribution in [0.1, 0.15) is 11.3 Å². The number of nitro benzene ring substituents is 1. The molecule has 0 fully saturated rings. The summed E-state index contributed by atoms with van der Waals surface area (Å²) < 4.78 is 5.43. The highest BCUT2D eigenvalue weighted by molar-refractivity contribution is 9.10. The van der Waals surface area contributed by atoms with Gasteiger partial charge in [0.05, 0.1) is 22.1 Å². The Morgan fingerprint density at radius 2 is 2.22 bits per heavy atom. The summed E-state index contributed by atoms with van der Waals surface area (Å²) in [4.78, 5) is 10.4. The Morgan fingerprint density at radius 3 is 2.89 bits per heavy atom. The first-order valence-electron chi connectivity index (χ1n) is 5.20. The van der Waals surface area contributed by atoms with E-state index >= 15 is 0 Å². The molecular formula is C11H10BrN3O3. The van der Waals surface area contributed by atoms with E-state index in [-0.39, 0.29) is 5.69 Å². The molecule has 2 rings (SSSR count). The largest absolute Gasteiger partial charge is 0.360 e. The minimum Gasteiger partial charge on any atom is -0.360 e. The molecule has 0 aliphatic heterocycles. The fourth-order valence-electron chi connectivity index (χ4n) is 1.50. The summed E-state index contributed by atoms with van der Waals surface area (Å²) in [7, 11) is 0. The third kappa shape index (κ3) is 2.93. The molecule has 18 heavy (non-hydrogen) atoms. The van der Waals surface area contributed by atoms with Crippen LogP contribution in [0, 0.1) is 10.1 Å². The van der Waals surface area contributed by atoms with Gasteiger partial charge in [0.1, 0.15) is 5.76 Å². The fraction of sp³-hybridized carbons (Fsp3) is 0.182. The number of hydrogen-bond donors (Lipinski definition) is 1. The number of rotatable bonds is 5. The minimum absolute atomic E-state index is 0.0639. The standard InChI is InChI=1S/C11H10BrN3O3/c12-11-8(2-1-3-10(11)15(16)17)6-13-7-9-4-5-14-18-9/h1-5,13H,6-7H2. The number of aromatic nitrogens is 1. The molecule has 0 saturated heterocycles. The highest BCUT2D eigenvalue weighted by atomic mass is 79.9. The number of nitrogens with zero attached hydrogens (tertiary/aromatic N) is 2. The first-order valence-corrected chi connectivity index (χ1v) is 6.00. The van der Waals surface area contributed by atoms with E-state index in [0.717, 1.165) is 11.3 Å². The summed E-state index contributed by atoms with van der Waals surface area (Å²) in [5.41, 5.74) is 0.887. The zero-order valence-electron chi connectivity index (χ0n) is 9.30. The first kappa shape index (κ1) is 12.7. The SMILES string of the molecule is O=[N+]([O-])c1cccc(CNCc2ccno2)c1Br. The van der Waals surface area contributed by atoms with Gasteiger partial charge in [-0.25, -0.2) is 0 Å². The van der Waals surface area contributed by atoms with Crippen molar-refractivity contribution in [1.29, 1.82) is 0 Å². The summed E-state index contributed by atoms with van der Waals surface area (Å²) in [6.07, 6.45) is 1.57. The fourth-order valence-corrected chi connectivity index (χ4v) is 2.05. The van der Waals surface area contributed by atoms with E-state index in [0.29, 0.717) is 17.6 Å². The van der Waals surface area contributed by atoms with Crippen LogP contribution in [0.5, 0.6) is 0 Å². The Balaban J connectivity index is 2.01. The summed E-state index contributed by atoms with van der Waals surface area (Å²) in [5, 5.41) is 17.5. The number of nitrogens with one attached hydrogen (secondary N) is 1. The Bertz CT molecular complexity index is 542. The van der Waals surface area contributed by atoms with Gasteiger partial charge in [-0.2, -0.15) is 0 Å². The van der Waals surface area contributed by atoms with Gasteiger partial charge in [0.2, 0.25) is 0 Å². The molecule has 0 aliphatic rings. The zero-order valence-corrected chi connectivity index (χ0v) is 10.9. The predicted octanol–water partition coefficient (Wildman–Crippen LogP) is 2.64. The van der Waals surface area contributed by atoms with E-state index in [1.807, 2.05) is 6.07 Å². The van der Waals surface area contributed by atoms with Crippen molar-refractivity contribution in [3.63, 3.8) is 0 Å². The summed E-state index contributed by atoms with van der Waals surface area (Å²) in [5.74, 6) is 0.719. The van der Waals surface area contributed by atoms with Gasteiger partial charge >= 0.3 is 0 Å². The van der Waals surface area contributed by atoms with E-state index in [1.165, 1.54) is 6.07 Å². The van der Waals surface area contributed by atoms with Gasteiger partial charge in [-0.05, 0) is 21.5 Å². The zero-order chi connectivity index (χ0) is 13.0. The molecule has 0 unspecified atom stereocenters. The second-order valence-corrected chi connectivity index (χ2v) is 4.38. The van der Waals surface area contributed by atoms with Crippen molar-refractivity contribution in [3.05, 3.63) is 56.4 Å². The lowest BCUT2D eigenvalue weighted by Gasteiger charge is -2.05. The van der Waals surface area contributed by atoms with Crippen molar-refractivity contribution in [2.24, 2.45) is 0 Å². The van der Waals surface area contributed by atoms with Crippen molar-refractivity contribution < 1.29 is 9.45 Å². The lowest BCUT2D eigenvalue weighted by molar-refractivity contribution is -0.385. The topological polar surface area (TPSA) is 81.2 Å². The third-order valence-electron chi connectivity index (χ3n) is 2.36. The summed E-state index contributed by atoms with van der Waals surface area (Å²) >= 11 is 3.24. The monoisotopic (exact) mass is 311 g/mol. The van der Waals surface area contributed by atoms with Crippen molar-refractivity contribution >= 4 is 21.6 Å². The molecule has 1 aromatic carbocycles. The van der Waals surface area contributed by atoms with Crippen molar-refractivity contribution in [2.75, 3.05) is 0 Å². The van der Waals surface area contributed by atoms with E-state index < -0.39 is 4.92 Å². The molecule has 0 bridgehead atoms. The second kappa shape index (κ2) is 5.74. The Labute approximate surface area is 111 Å². The van der Waals surface area contributed by atoms with E-state index in [4.69, 9.17) is 4.52 Å². The predicted molar refractivity (Wildman–Crippen MR) is 67.8 cm³/mol. The number of nitro groups is 1. The quantitative estimate of drug-likeness (QED) is 0.678. The Hall–Kier alpha value is -1.73. The van der Waals surface area contributed by atoms with Crippen LogP contribution in [0.15, 0.2) is 39.5 Å². The van der Waals surface area contributed by atoms with Crippen LogP contribution in [0.4, 0.5) is 5.69 Å². The van der Waals surface area contributed by atoms with Crippen LogP contribution in [0.3, 0.4) is 0 Å². The minimum atomic E-state index is -0.413. The molecule has 0 saturated carbocycles. The van der Waals surface area contributed by atoms with Crippen molar-refractivity contribution in [3.8, 4) is 0 Å². The molecule has 1 aromatic heterocycles. The van der Waals surface area contributed by atoms with Crippen LogP contribution in [0.2, 0.25) is 0 Å². The van der Waals surface area contributed by atoms with E-state index in [1.54, 1.807) is 18.3 Å². The summed E-state index contributed by atoms with van der Waals surface area (Å²) in [6.45, 7) is 1.03. The number of hydrogen-bond acceptors (Lipinski definition) is 5. The van der Waals surface area contributed by atoms with Gasteiger partial charge in [0.25, 0.3) is 5.69 Å². The van der Waals surface area contributed by atoms with Crippen LogP contribution in [-0.4, -0.2) is 10.1 Å².